The largest absolute Gasteiger partial charge is 0.465 e. The second-order valence-corrected chi connectivity index (χ2v) is 4.29. The average Bonchev–Trinajstić information content (AvgIpc) is 2.66. The van der Waals surface area contributed by atoms with Gasteiger partial charge >= 0.3 is 5.97 Å². The number of hydrogen-bond acceptors (Lipinski definition) is 4. The van der Waals surface area contributed by atoms with Crippen LogP contribution < -0.4 is 0 Å². The SMILES string of the molecule is COC(=O)c1cnc(C=CCCBr)s1. The number of ether oxygens (including phenoxy) is 1. The molecule has 14 heavy (non-hydrogen) atoms. The van der Waals surface area contributed by atoms with Gasteiger partial charge in [-0.05, 0) is 12.5 Å². The van der Waals surface area contributed by atoms with Crippen LogP contribution >= 0.6 is 27.3 Å². The van der Waals surface area contributed by atoms with Gasteiger partial charge in [-0.3, -0.25) is 0 Å². The first-order chi connectivity index (χ1) is 6.77. The zero-order valence-corrected chi connectivity index (χ0v) is 10.1. The van der Waals surface area contributed by atoms with Crippen molar-refractivity contribution in [2.45, 2.75) is 6.42 Å². The molecule has 0 aliphatic carbocycles. The Balaban J connectivity index is 2.63. The molecule has 0 amide bonds. The molecule has 0 saturated heterocycles. The Bertz CT molecular complexity index is 335. The van der Waals surface area contributed by atoms with Crippen molar-refractivity contribution < 1.29 is 9.53 Å². The van der Waals surface area contributed by atoms with E-state index < -0.39 is 0 Å². The quantitative estimate of drug-likeness (QED) is 0.627. The molecule has 0 aromatic carbocycles. The summed E-state index contributed by atoms with van der Waals surface area (Å²) in [5.41, 5.74) is 0. The van der Waals surface area contributed by atoms with E-state index >= 15 is 0 Å². The summed E-state index contributed by atoms with van der Waals surface area (Å²) >= 11 is 4.65. The van der Waals surface area contributed by atoms with Crippen molar-refractivity contribution in [3.8, 4) is 0 Å². The number of thiazole rings is 1. The highest BCUT2D eigenvalue weighted by atomic mass is 79.9. The Hall–Kier alpha value is -0.680. The molecule has 0 spiro atoms. The van der Waals surface area contributed by atoms with Crippen LogP contribution in [0.4, 0.5) is 0 Å². The number of halogens is 1. The van der Waals surface area contributed by atoms with Crippen LogP contribution in [-0.2, 0) is 4.74 Å². The highest BCUT2D eigenvalue weighted by Gasteiger charge is 2.08. The van der Waals surface area contributed by atoms with E-state index in [9.17, 15) is 4.79 Å². The molecule has 1 heterocycles. The summed E-state index contributed by atoms with van der Waals surface area (Å²) in [6.45, 7) is 0. The van der Waals surface area contributed by atoms with E-state index in [0.717, 1.165) is 16.8 Å². The highest BCUT2D eigenvalue weighted by Crippen LogP contribution is 2.15. The first-order valence-corrected chi connectivity index (χ1v) is 5.98. The number of allylic oxidation sites excluding steroid dienone is 1. The fourth-order valence-electron chi connectivity index (χ4n) is 0.807. The first-order valence-electron chi connectivity index (χ1n) is 4.04. The highest BCUT2D eigenvalue weighted by molar-refractivity contribution is 9.09. The zero-order chi connectivity index (χ0) is 10.4. The van der Waals surface area contributed by atoms with Crippen molar-refractivity contribution in [2.24, 2.45) is 0 Å². The van der Waals surface area contributed by atoms with Gasteiger partial charge in [-0.15, -0.1) is 11.3 Å². The van der Waals surface area contributed by atoms with Gasteiger partial charge in [-0.1, -0.05) is 22.0 Å². The topological polar surface area (TPSA) is 39.2 Å². The van der Waals surface area contributed by atoms with Crippen molar-refractivity contribution in [3.05, 3.63) is 22.2 Å². The maximum atomic E-state index is 11.1. The lowest BCUT2D eigenvalue weighted by Gasteiger charge is -1.90. The number of nitrogens with zero attached hydrogens (tertiary/aromatic N) is 1. The molecule has 0 aliphatic heterocycles. The minimum atomic E-state index is -0.331. The number of rotatable bonds is 4. The van der Waals surface area contributed by atoms with Crippen LogP contribution in [0.1, 0.15) is 21.1 Å². The molecule has 0 fully saturated rings. The van der Waals surface area contributed by atoms with E-state index in [1.807, 2.05) is 12.2 Å². The molecule has 0 bridgehead atoms. The summed E-state index contributed by atoms with van der Waals surface area (Å²) in [5, 5.41) is 1.75. The molecule has 1 rings (SSSR count). The maximum absolute atomic E-state index is 11.1. The van der Waals surface area contributed by atoms with Gasteiger partial charge in [-0.2, -0.15) is 0 Å². The van der Waals surface area contributed by atoms with Crippen LogP contribution in [0.15, 0.2) is 12.3 Å². The van der Waals surface area contributed by atoms with Gasteiger partial charge < -0.3 is 4.74 Å². The summed E-state index contributed by atoms with van der Waals surface area (Å²) in [6, 6.07) is 0. The van der Waals surface area contributed by atoms with Crippen LogP contribution in [0.5, 0.6) is 0 Å². The Morgan fingerprint density at radius 2 is 2.57 bits per heavy atom. The van der Waals surface area contributed by atoms with E-state index in [1.165, 1.54) is 24.6 Å². The predicted molar refractivity (Wildman–Crippen MR) is 60.9 cm³/mol. The molecule has 3 nitrogen and oxygen atoms in total. The molecule has 76 valence electrons. The second kappa shape index (κ2) is 5.93. The molecule has 0 aliphatic rings. The standard InChI is InChI=1S/C9H10BrNO2S/c1-13-9(12)7-6-11-8(14-7)4-2-3-5-10/h2,4,6H,3,5H2,1H3. The first kappa shape index (κ1) is 11.4. The maximum Gasteiger partial charge on any atom is 0.349 e. The van der Waals surface area contributed by atoms with Crippen LogP contribution in [0, 0.1) is 0 Å². The van der Waals surface area contributed by atoms with Gasteiger partial charge in [0.1, 0.15) is 9.88 Å². The molecule has 0 N–H and O–H groups in total. The summed E-state index contributed by atoms with van der Waals surface area (Å²) < 4.78 is 4.58. The molecule has 0 radical (unpaired) electrons. The molecule has 1 aromatic rings. The third kappa shape index (κ3) is 3.23. The molecule has 0 saturated carbocycles. The smallest absolute Gasteiger partial charge is 0.349 e. The molecule has 1 aromatic heterocycles. The van der Waals surface area contributed by atoms with E-state index in [4.69, 9.17) is 0 Å². The van der Waals surface area contributed by atoms with Crippen LogP contribution in [0.25, 0.3) is 6.08 Å². The molecule has 5 heteroatoms. The zero-order valence-electron chi connectivity index (χ0n) is 7.70. The van der Waals surface area contributed by atoms with Crippen LogP contribution in [0.2, 0.25) is 0 Å². The van der Waals surface area contributed by atoms with Crippen molar-refractivity contribution >= 4 is 39.3 Å². The number of carbonyl (C=O) groups excluding carboxylic acids is 1. The van der Waals surface area contributed by atoms with Crippen molar-refractivity contribution in [3.63, 3.8) is 0 Å². The second-order valence-electron chi connectivity index (χ2n) is 2.43. The van der Waals surface area contributed by atoms with E-state index in [1.54, 1.807) is 0 Å². The van der Waals surface area contributed by atoms with Gasteiger partial charge in [0.15, 0.2) is 0 Å². The van der Waals surface area contributed by atoms with Gasteiger partial charge in [0.25, 0.3) is 0 Å². The normalized spacial score (nSPS) is 10.7. The monoisotopic (exact) mass is 275 g/mol. The van der Waals surface area contributed by atoms with Gasteiger partial charge in [0.05, 0.1) is 13.3 Å². The van der Waals surface area contributed by atoms with Gasteiger partial charge in [-0.25, -0.2) is 9.78 Å². The third-order valence-electron chi connectivity index (χ3n) is 1.45. The molecular weight excluding hydrogens is 266 g/mol. The predicted octanol–water partition coefficient (Wildman–Crippen LogP) is 2.73. The summed E-state index contributed by atoms with van der Waals surface area (Å²) in [4.78, 5) is 15.7. The number of carbonyl (C=O) groups is 1. The number of esters is 1. The molecule has 0 atom stereocenters. The van der Waals surface area contributed by atoms with Crippen LogP contribution in [-0.4, -0.2) is 23.4 Å². The minimum absolute atomic E-state index is 0.331. The minimum Gasteiger partial charge on any atom is -0.465 e. The Morgan fingerprint density at radius 1 is 1.79 bits per heavy atom. The lowest BCUT2D eigenvalue weighted by Crippen LogP contribution is -1.96. The fourth-order valence-corrected chi connectivity index (χ4v) is 1.84. The third-order valence-corrected chi connectivity index (χ3v) is 2.85. The summed E-state index contributed by atoms with van der Waals surface area (Å²) in [5.74, 6) is -0.331. The number of hydrogen-bond donors (Lipinski definition) is 0. The molecular formula is C9H10BrNO2S. The fraction of sp³-hybridized carbons (Fsp3) is 0.333. The van der Waals surface area contributed by atoms with E-state index in [0.29, 0.717) is 4.88 Å². The number of alkyl halides is 1. The Kier molecular flexibility index (Phi) is 4.82. The van der Waals surface area contributed by atoms with Gasteiger partial charge in [0, 0.05) is 5.33 Å². The van der Waals surface area contributed by atoms with E-state index in [2.05, 4.69) is 25.7 Å². The summed E-state index contributed by atoms with van der Waals surface area (Å²) in [7, 11) is 1.36. The van der Waals surface area contributed by atoms with Crippen molar-refractivity contribution in [1.82, 2.24) is 4.98 Å². The lowest BCUT2D eigenvalue weighted by molar-refractivity contribution is 0.0606. The van der Waals surface area contributed by atoms with Gasteiger partial charge in [0.2, 0.25) is 0 Å². The number of aromatic nitrogens is 1. The van der Waals surface area contributed by atoms with Crippen molar-refractivity contribution in [1.29, 1.82) is 0 Å². The average molecular weight is 276 g/mol. The molecule has 0 unspecified atom stereocenters. The van der Waals surface area contributed by atoms with E-state index in [-0.39, 0.29) is 5.97 Å². The van der Waals surface area contributed by atoms with Crippen molar-refractivity contribution in [2.75, 3.05) is 12.4 Å². The number of methoxy groups -OCH3 is 1. The lowest BCUT2D eigenvalue weighted by atomic mass is 10.4. The Labute approximate surface area is 94.9 Å². The summed E-state index contributed by atoms with van der Waals surface area (Å²) in [6.07, 6.45) is 6.39. The van der Waals surface area contributed by atoms with Crippen LogP contribution in [0.3, 0.4) is 0 Å². The Morgan fingerprint density at radius 3 is 3.21 bits per heavy atom.